The van der Waals surface area contributed by atoms with Crippen LogP contribution in [0.1, 0.15) is 0 Å². The molecular weight excluding hydrogens is 170 g/mol. The van der Waals surface area contributed by atoms with E-state index in [0.29, 0.717) is 0 Å². The molecule has 0 bridgehead atoms. The molecule has 1 rings (SSSR count). The Hall–Kier alpha value is -1.20. The van der Waals surface area contributed by atoms with Crippen molar-refractivity contribution in [3.63, 3.8) is 0 Å². The fourth-order valence-electron chi connectivity index (χ4n) is 0.506. The van der Waals surface area contributed by atoms with Crippen molar-refractivity contribution >= 4 is 17.3 Å². The Morgan fingerprint density at radius 2 is 2.27 bits per heavy atom. The second kappa shape index (κ2) is 3.85. The van der Waals surface area contributed by atoms with Crippen molar-refractivity contribution in [1.29, 1.82) is 0 Å². The molecule has 5 nitrogen and oxygen atoms in total. The maximum atomic E-state index is 10.1. The SMILES string of the molecule is O=[N+]([O-])c1ccnc(Cl)c1.[N]. The van der Waals surface area contributed by atoms with Crippen LogP contribution < -0.4 is 6.15 Å². The molecule has 1 aromatic heterocycles. The first-order valence-electron chi connectivity index (χ1n) is 2.46. The molecule has 0 unspecified atom stereocenters. The lowest BCUT2D eigenvalue weighted by Crippen LogP contribution is -1.87. The van der Waals surface area contributed by atoms with Crippen LogP contribution in [0, 0.1) is 10.1 Å². The third-order valence-electron chi connectivity index (χ3n) is 0.921. The predicted molar refractivity (Wildman–Crippen MR) is 38.0 cm³/mol. The van der Waals surface area contributed by atoms with E-state index in [9.17, 15) is 10.1 Å². The third-order valence-corrected chi connectivity index (χ3v) is 1.13. The van der Waals surface area contributed by atoms with Gasteiger partial charge in [0.2, 0.25) is 0 Å². The summed E-state index contributed by atoms with van der Waals surface area (Å²) in [6.07, 6.45) is 1.29. The molecule has 11 heavy (non-hydrogen) atoms. The van der Waals surface area contributed by atoms with Gasteiger partial charge in [0.05, 0.1) is 11.0 Å². The largest absolute Gasteiger partial charge is 0.274 e. The number of aromatic nitrogens is 1. The molecule has 0 spiro atoms. The average molecular weight is 173 g/mol. The van der Waals surface area contributed by atoms with Gasteiger partial charge < -0.3 is 0 Å². The maximum absolute atomic E-state index is 10.1. The monoisotopic (exact) mass is 172 g/mol. The van der Waals surface area contributed by atoms with E-state index in [-0.39, 0.29) is 17.0 Å². The van der Waals surface area contributed by atoms with E-state index < -0.39 is 4.92 Å². The number of nitrogens with zero attached hydrogens (tertiary/aromatic N) is 3. The Kier molecular flexibility index (Phi) is 3.43. The summed E-state index contributed by atoms with van der Waals surface area (Å²) < 4.78 is 0. The summed E-state index contributed by atoms with van der Waals surface area (Å²) in [5, 5.41) is 10.2. The summed E-state index contributed by atoms with van der Waals surface area (Å²) >= 11 is 5.37. The Bertz CT molecular complexity index is 266. The van der Waals surface area contributed by atoms with E-state index in [4.69, 9.17) is 11.6 Å². The van der Waals surface area contributed by atoms with E-state index in [1.54, 1.807) is 0 Å². The summed E-state index contributed by atoms with van der Waals surface area (Å²) in [5.41, 5.74) is -0.0417. The average Bonchev–Trinajstić information content (AvgIpc) is 1.88. The highest BCUT2D eigenvalue weighted by Crippen LogP contribution is 2.13. The van der Waals surface area contributed by atoms with Crippen LogP contribution in [0.2, 0.25) is 5.15 Å². The van der Waals surface area contributed by atoms with Gasteiger partial charge in [0.1, 0.15) is 5.15 Å². The zero-order valence-electron chi connectivity index (χ0n) is 5.27. The Morgan fingerprint density at radius 3 is 2.64 bits per heavy atom. The number of pyridine rings is 1. The molecule has 0 saturated heterocycles. The van der Waals surface area contributed by atoms with E-state index >= 15 is 0 Å². The second-order valence-electron chi connectivity index (χ2n) is 1.59. The molecule has 0 fully saturated rings. The standard InChI is InChI=1S/C5H3ClN2O2.N/c6-5-3-4(8(9)10)1-2-7-5;/h1-3H;. The number of halogens is 1. The van der Waals surface area contributed by atoms with Crippen LogP contribution in [0.15, 0.2) is 18.3 Å². The molecule has 0 aliphatic heterocycles. The zero-order valence-corrected chi connectivity index (χ0v) is 6.02. The summed E-state index contributed by atoms with van der Waals surface area (Å²) in [6.45, 7) is 0. The summed E-state index contributed by atoms with van der Waals surface area (Å²) in [7, 11) is 0. The first-order chi connectivity index (χ1) is 4.70. The van der Waals surface area contributed by atoms with Crippen LogP contribution in [0.3, 0.4) is 0 Å². The number of rotatable bonds is 1. The zero-order chi connectivity index (χ0) is 7.56. The second-order valence-corrected chi connectivity index (χ2v) is 1.98. The molecule has 1 heterocycles. The lowest BCUT2D eigenvalue weighted by atomic mass is 10.4. The Morgan fingerprint density at radius 1 is 1.64 bits per heavy atom. The number of hydrogen-bond donors (Lipinski definition) is 0. The van der Waals surface area contributed by atoms with Gasteiger partial charge in [0.15, 0.2) is 0 Å². The number of hydrogen-bond acceptors (Lipinski definition) is 3. The Labute approximate surface area is 67.7 Å². The van der Waals surface area contributed by atoms with Gasteiger partial charge in [-0.3, -0.25) is 10.1 Å². The smallest absolute Gasteiger partial charge is 0.258 e. The molecule has 6 heteroatoms. The molecule has 57 valence electrons. The van der Waals surface area contributed by atoms with Crippen molar-refractivity contribution in [2.24, 2.45) is 0 Å². The van der Waals surface area contributed by atoms with Crippen LogP contribution in [0.25, 0.3) is 0 Å². The normalized spacial score (nSPS) is 8.45. The summed E-state index contributed by atoms with van der Waals surface area (Å²) in [4.78, 5) is 13.1. The molecular formula is C5H3ClN3O2. The minimum atomic E-state index is -0.520. The van der Waals surface area contributed by atoms with Crippen molar-refractivity contribution in [3.05, 3.63) is 33.6 Å². The molecule has 0 atom stereocenters. The quantitative estimate of drug-likeness (QED) is 0.362. The molecule has 0 aliphatic rings. The minimum Gasteiger partial charge on any atom is -0.258 e. The van der Waals surface area contributed by atoms with Gasteiger partial charge in [-0.15, -0.1) is 0 Å². The van der Waals surface area contributed by atoms with Gasteiger partial charge >= 0.3 is 0 Å². The lowest BCUT2D eigenvalue weighted by Gasteiger charge is -1.88. The topological polar surface area (TPSA) is 86.5 Å². The van der Waals surface area contributed by atoms with E-state index in [1.165, 1.54) is 18.3 Å². The summed E-state index contributed by atoms with van der Waals surface area (Å²) in [6, 6.07) is 2.48. The maximum Gasteiger partial charge on any atom is 0.274 e. The third kappa shape index (κ3) is 2.48. The molecule has 3 radical (unpaired) electrons. The van der Waals surface area contributed by atoms with Crippen LogP contribution in [0.4, 0.5) is 5.69 Å². The fraction of sp³-hybridized carbons (Fsp3) is 0. The molecule has 0 aromatic carbocycles. The first-order valence-corrected chi connectivity index (χ1v) is 2.84. The van der Waals surface area contributed by atoms with Crippen LogP contribution in [-0.2, 0) is 0 Å². The molecule has 1 aromatic rings. The van der Waals surface area contributed by atoms with Crippen LogP contribution in [-0.4, -0.2) is 9.91 Å². The van der Waals surface area contributed by atoms with E-state index in [2.05, 4.69) is 4.98 Å². The predicted octanol–water partition coefficient (Wildman–Crippen LogP) is 1.16. The van der Waals surface area contributed by atoms with Crippen molar-refractivity contribution < 1.29 is 4.92 Å². The van der Waals surface area contributed by atoms with Crippen molar-refractivity contribution in [3.8, 4) is 0 Å². The first kappa shape index (κ1) is 9.80. The van der Waals surface area contributed by atoms with Gasteiger partial charge in [0, 0.05) is 18.4 Å². The van der Waals surface area contributed by atoms with Crippen LogP contribution >= 0.6 is 11.6 Å². The van der Waals surface area contributed by atoms with Crippen LogP contribution in [0.5, 0.6) is 0 Å². The minimum absolute atomic E-state index is 0. The molecule has 0 amide bonds. The lowest BCUT2D eigenvalue weighted by molar-refractivity contribution is -0.384. The number of nitro groups is 1. The Balaban J connectivity index is 0.000001000. The highest BCUT2D eigenvalue weighted by Gasteiger charge is 2.03. The fourth-order valence-corrected chi connectivity index (χ4v) is 0.674. The van der Waals surface area contributed by atoms with Gasteiger partial charge in [-0.2, -0.15) is 0 Å². The molecule has 0 saturated carbocycles. The van der Waals surface area contributed by atoms with Crippen molar-refractivity contribution in [2.45, 2.75) is 0 Å². The van der Waals surface area contributed by atoms with E-state index in [1.807, 2.05) is 0 Å². The van der Waals surface area contributed by atoms with Crippen molar-refractivity contribution in [2.75, 3.05) is 0 Å². The molecule has 0 aliphatic carbocycles. The van der Waals surface area contributed by atoms with Gasteiger partial charge in [-0.1, -0.05) is 11.6 Å². The van der Waals surface area contributed by atoms with Gasteiger partial charge in [-0.05, 0) is 0 Å². The van der Waals surface area contributed by atoms with E-state index in [0.717, 1.165) is 0 Å². The van der Waals surface area contributed by atoms with Gasteiger partial charge in [0.25, 0.3) is 5.69 Å². The summed E-state index contributed by atoms with van der Waals surface area (Å²) in [5.74, 6) is 0. The molecule has 0 N–H and O–H groups in total. The van der Waals surface area contributed by atoms with Gasteiger partial charge in [-0.25, -0.2) is 4.98 Å². The highest BCUT2D eigenvalue weighted by molar-refractivity contribution is 6.29. The highest BCUT2D eigenvalue weighted by atomic mass is 35.5. The van der Waals surface area contributed by atoms with Crippen molar-refractivity contribution in [1.82, 2.24) is 11.1 Å².